The van der Waals surface area contributed by atoms with Crippen LogP contribution in [0.1, 0.15) is 58.8 Å². The van der Waals surface area contributed by atoms with Crippen molar-refractivity contribution in [3.05, 3.63) is 0 Å². The van der Waals surface area contributed by atoms with E-state index in [1.54, 1.807) is 0 Å². The van der Waals surface area contributed by atoms with Gasteiger partial charge in [-0.1, -0.05) is 33.1 Å². The third kappa shape index (κ3) is 3.97. The summed E-state index contributed by atoms with van der Waals surface area (Å²) in [5, 5.41) is 0. The van der Waals surface area contributed by atoms with Crippen LogP contribution in [-0.2, 0) is 9.78 Å². The first kappa shape index (κ1) is 12.0. The Bertz CT molecular complexity index is 128. The van der Waals surface area contributed by atoms with E-state index < -0.39 is 0 Å². The molecule has 14 heavy (non-hydrogen) atoms. The molecule has 0 bridgehead atoms. The molecule has 1 heterocycles. The SMILES string of the molecule is CCCCC(CC)C1CCCCOO1. The monoisotopic (exact) mass is 200 g/mol. The summed E-state index contributed by atoms with van der Waals surface area (Å²) in [5.41, 5.74) is 0. The molecule has 1 fully saturated rings. The van der Waals surface area contributed by atoms with Crippen molar-refractivity contribution in [2.45, 2.75) is 64.9 Å². The van der Waals surface area contributed by atoms with Gasteiger partial charge >= 0.3 is 0 Å². The van der Waals surface area contributed by atoms with Crippen LogP contribution in [0.3, 0.4) is 0 Å². The molecule has 1 saturated heterocycles. The topological polar surface area (TPSA) is 18.5 Å². The summed E-state index contributed by atoms with van der Waals surface area (Å²) >= 11 is 0. The molecule has 1 aliphatic heterocycles. The summed E-state index contributed by atoms with van der Waals surface area (Å²) in [6.45, 7) is 5.28. The average Bonchev–Trinajstić information content (AvgIpc) is 2.48. The lowest BCUT2D eigenvalue weighted by molar-refractivity contribution is -0.327. The first-order valence-corrected chi connectivity index (χ1v) is 6.16. The van der Waals surface area contributed by atoms with Crippen molar-refractivity contribution < 1.29 is 9.78 Å². The molecule has 0 amide bonds. The van der Waals surface area contributed by atoms with Crippen LogP contribution in [0, 0.1) is 5.92 Å². The molecule has 0 radical (unpaired) electrons. The van der Waals surface area contributed by atoms with Gasteiger partial charge in [0.2, 0.25) is 0 Å². The Morgan fingerprint density at radius 3 is 2.86 bits per heavy atom. The molecule has 0 spiro atoms. The van der Waals surface area contributed by atoms with Gasteiger partial charge in [-0.15, -0.1) is 0 Å². The van der Waals surface area contributed by atoms with Gasteiger partial charge in [0.1, 0.15) is 0 Å². The van der Waals surface area contributed by atoms with Crippen LogP contribution in [0.15, 0.2) is 0 Å². The van der Waals surface area contributed by atoms with Crippen LogP contribution in [-0.4, -0.2) is 12.7 Å². The maximum atomic E-state index is 5.45. The standard InChI is InChI=1S/C12H24O2/c1-3-5-8-11(4-2)12-9-6-7-10-13-14-12/h11-12H,3-10H2,1-2H3. The minimum atomic E-state index is 0.356. The highest BCUT2D eigenvalue weighted by atomic mass is 17.2. The lowest BCUT2D eigenvalue weighted by Crippen LogP contribution is -2.22. The second kappa shape index (κ2) is 7.24. The Kier molecular flexibility index (Phi) is 6.20. The highest BCUT2D eigenvalue weighted by Crippen LogP contribution is 2.25. The molecule has 0 aromatic heterocycles. The van der Waals surface area contributed by atoms with E-state index in [0.717, 1.165) is 13.0 Å². The number of rotatable bonds is 5. The minimum absolute atomic E-state index is 0.356. The molecule has 0 aliphatic carbocycles. The quantitative estimate of drug-likeness (QED) is 0.630. The fraction of sp³-hybridized carbons (Fsp3) is 1.00. The van der Waals surface area contributed by atoms with Crippen LogP contribution in [0.4, 0.5) is 0 Å². The molecule has 0 N–H and O–H groups in total. The second-order valence-corrected chi connectivity index (χ2v) is 4.26. The molecule has 2 atom stereocenters. The van der Waals surface area contributed by atoms with E-state index in [1.165, 1.54) is 38.5 Å². The summed E-state index contributed by atoms with van der Waals surface area (Å²) < 4.78 is 0. The zero-order valence-electron chi connectivity index (χ0n) is 9.63. The van der Waals surface area contributed by atoms with Crippen molar-refractivity contribution in [1.29, 1.82) is 0 Å². The first-order valence-electron chi connectivity index (χ1n) is 6.16. The maximum absolute atomic E-state index is 5.45. The Morgan fingerprint density at radius 1 is 1.29 bits per heavy atom. The predicted molar refractivity (Wildman–Crippen MR) is 58.0 cm³/mol. The lowest BCUT2D eigenvalue weighted by Gasteiger charge is -2.23. The van der Waals surface area contributed by atoms with Gasteiger partial charge in [-0.3, -0.25) is 0 Å². The summed E-state index contributed by atoms with van der Waals surface area (Å²) in [5.74, 6) is 0.702. The van der Waals surface area contributed by atoms with E-state index in [1.807, 2.05) is 0 Å². The second-order valence-electron chi connectivity index (χ2n) is 4.26. The molecule has 2 unspecified atom stereocenters. The van der Waals surface area contributed by atoms with Gasteiger partial charge in [-0.25, -0.2) is 9.78 Å². The summed E-state index contributed by atoms with van der Waals surface area (Å²) in [6.07, 6.45) is 9.06. The summed E-state index contributed by atoms with van der Waals surface area (Å²) in [6, 6.07) is 0. The van der Waals surface area contributed by atoms with E-state index >= 15 is 0 Å². The largest absolute Gasteiger partial charge is 0.236 e. The minimum Gasteiger partial charge on any atom is -0.236 e. The van der Waals surface area contributed by atoms with Gasteiger partial charge in [0, 0.05) is 0 Å². The molecule has 84 valence electrons. The van der Waals surface area contributed by atoms with Gasteiger partial charge < -0.3 is 0 Å². The molecule has 0 aromatic carbocycles. The van der Waals surface area contributed by atoms with Crippen LogP contribution in [0.25, 0.3) is 0 Å². The van der Waals surface area contributed by atoms with E-state index in [2.05, 4.69) is 13.8 Å². The van der Waals surface area contributed by atoms with Crippen molar-refractivity contribution in [3.63, 3.8) is 0 Å². The average molecular weight is 200 g/mol. The van der Waals surface area contributed by atoms with E-state index in [9.17, 15) is 0 Å². The molecule has 2 heteroatoms. The Balaban J connectivity index is 2.32. The Hall–Kier alpha value is -0.0800. The molecule has 1 aliphatic rings. The van der Waals surface area contributed by atoms with Gasteiger partial charge in [0.15, 0.2) is 0 Å². The third-order valence-corrected chi connectivity index (χ3v) is 3.14. The molecular weight excluding hydrogens is 176 g/mol. The van der Waals surface area contributed by atoms with Crippen LogP contribution in [0.2, 0.25) is 0 Å². The fourth-order valence-electron chi connectivity index (χ4n) is 2.12. The van der Waals surface area contributed by atoms with Gasteiger partial charge in [0.05, 0.1) is 12.7 Å². The van der Waals surface area contributed by atoms with Crippen LogP contribution in [0.5, 0.6) is 0 Å². The van der Waals surface area contributed by atoms with Crippen LogP contribution >= 0.6 is 0 Å². The first-order chi connectivity index (χ1) is 6.88. The zero-order valence-corrected chi connectivity index (χ0v) is 9.63. The lowest BCUT2D eigenvalue weighted by atomic mass is 9.90. The summed E-state index contributed by atoms with van der Waals surface area (Å²) in [7, 11) is 0. The highest BCUT2D eigenvalue weighted by Gasteiger charge is 2.22. The smallest absolute Gasteiger partial charge is 0.0957 e. The fourth-order valence-corrected chi connectivity index (χ4v) is 2.12. The van der Waals surface area contributed by atoms with Gasteiger partial charge in [0.25, 0.3) is 0 Å². The van der Waals surface area contributed by atoms with E-state index in [0.29, 0.717) is 12.0 Å². The normalized spacial score (nSPS) is 25.7. The van der Waals surface area contributed by atoms with E-state index in [-0.39, 0.29) is 0 Å². The molecule has 0 aromatic rings. The maximum Gasteiger partial charge on any atom is 0.0957 e. The third-order valence-electron chi connectivity index (χ3n) is 3.14. The van der Waals surface area contributed by atoms with Crippen molar-refractivity contribution in [2.24, 2.45) is 5.92 Å². The molecule has 1 rings (SSSR count). The number of hydrogen-bond acceptors (Lipinski definition) is 2. The number of hydrogen-bond donors (Lipinski definition) is 0. The number of unbranched alkanes of at least 4 members (excludes halogenated alkanes) is 1. The van der Waals surface area contributed by atoms with Gasteiger partial charge in [-0.2, -0.15) is 0 Å². The van der Waals surface area contributed by atoms with Crippen molar-refractivity contribution in [3.8, 4) is 0 Å². The van der Waals surface area contributed by atoms with Crippen molar-refractivity contribution in [2.75, 3.05) is 6.61 Å². The van der Waals surface area contributed by atoms with Crippen molar-refractivity contribution in [1.82, 2.24) is 0 Å². The summed E-state index contributed by atoms with van der Waals surface area (Å²) in [4.78, 5) is 10.6. The van der Waals surface area contributed by atoms with E-state index in [4.69, 9.17) is 9.78 Å². The Labute approximate surface area is 87.9 Å². The predicted octanol–water partition coefficient (Wildman–Crippen LogP) is 3.70. The molecule has 2 nitrogen and oxygen atoms in total. The zero-order chi connectivity index (χ0) is 10.2. The van der Waals surface area contributed by atoms with Crippen molar-refractivity contribution >= 4 is 0 Å². The Morgan fingerprint density at radius 2 is 2.14 bits per heavy atom. The molecule has 0 saturated carbocycles. The highest BCUT2D eigenvalue weighted by molar-refractivity contribution is 4.69. The van der Waals surface area contributed by atoms with Gasteiger partial charge in [-0.05, 0) is 31.6 Å². The van der Waals surface area contributed by atoms with Crippen LogP contribution < -0.4 is 0 Å². The molecular formula is C12H24O2.